The van der Waals surface area contributed by atoms with Gasteiger partial charge in [-0.1, -0.05) is 19.3 Å². The number of nitrogens with one attached hydrogen (secondary N) is 4. The van der Waals surface area contributed by atoms with E-state index >= 15 is 0 Å². The Labute approximate surface area is 192 Å². The van der Waals surface area contributed by atoms with E-state index in [2.05, 4.69) is 26.3 Å². The first-order valence-corrected chi connectivity index (χ1v) is 10.6. The molecule has 9 heteroatoms. The van der Waals surface area contributed by atoms with Gasteiger partial charge in [0.1, 0.15) is 5.60 Å². The summed E-state index contributed by atoms with van der Waals surface area (Å²) in [5.41, 5.74) is -0.492. The molecular formula is C20H40IN5O3. The highest BCUT2D eigenvalue weighted by molar-refractivity contribution is 14.0. The standard InChI is InChI=1S/C20H39N5O3.HI/c1-5-21-18(22-13-9-14-24-19(27)28-20(2,3)4)23-15-12-17(26)25-16-10-7-6-8-11-16;/h16H,5-15H2,1-4H3,(H,24,27)(H,25,26)(H2,21,22,23);1H. The number of rotatable bonds is 9. The second-order valence-electron chi connectivity index (χ2n) is 8.12. The van der Waals surface area contributed by atoms with E-state index < -0.39 is 11.7 Å². The van der Waals surface area contributed by atoms with Crippen molar-refractivity contribution in [2.75, 3.05) is 26.2 Å². The molecule has 8 nitrogen and oxygen atoms in total. The van der Waals surface area contributed by atoms with Gasteiger partial charge in [0.15, 0.2) is 5.96 Å². The van der Waals surface area contributed by atoms with Crippen LogP contribution in [0.5, 0.6) is 0 Å². The summed E-state index contributed by atoms with van der Waals surface area (Å²) in [6, 6.07) is 0.348. The number of hydrogen-bond acceptors (Lipinski definition) is 4. The second kappa shape index (κ2) is 15.6. The lowest BCUT2D eigenvalue weighted by molar-refractivity contribution is -0.121. The number of alkyl carbamates (subject to hydrolysis) is 1. The summed E-state index contributed by atoms with van der Waals surface area (Å²) < 4.78 is 5.19. The molecule has 0 saturated heterocycles. The van der Waals surface area contributed by atoms with E-state index in [1.165, 1.54) is 19.3 Å². The summed E-state index contributed by atoms with van der Waals surface area (Å²) in [6.07, 6.45) is 6.63. The summed E-state index contributed by atoms with van der Waals surface area (Å²) in [7, 11) is 0. The number of guanidine groups is 1. The Morgan fingerprint density at radius 1 is 1.03 bits per heavy atom. The maximum absolute atomic E-state index is 12.0. The van der Waals surface area contributed by atoms with Gasteiger partial charge in [0.25, 0.3) is 0 Å². The molecule has 2 amide bonds. The Hall–Kier alpha value is -1.26. The first-order chi connectivity index (χ1) is 13.3. The number of hydrogen-bond donors (Lipinski definition) is 4. The zero-order valence-corrected chi connectivity index (χ0v) is 20.8. The fourth-order valence-corrected chi connectivity index (χ4v) is 2.96. The second-order valence-corrected chi connectivity index (χ2v) is 8.12. The van der Waals surface area contributed by atoms with E-state index in [-0.39, 0.29) is 29.9 Å². The Morgan fingerprint density at radius 2 is 1.72 bits per heavy atom. The maximum atomic E-state index is 12.0. The van der Waals surface area contributed by atoms with Crippen molar-refractivity contribution in [1.29, 1.82) is 0 Å². The Morgan fingerprint density at radius 3 is 2.34 bits per heavy atom. The maximum Gasteiger partial charge on any atom is 0.407 e. The van der Waals surface area contributed by atoms with Crippen LogP contribution in [0.15, 0.2) is 4.99 Å². The first kappa shape index (κ1) is 27.7. The summed E-state index contributed by atoms with van der Waals surface area (Å²) in [4.78, 5) is 28.1. The molecule has 0 aromatic carbocycles. The number of amides is 2. The van der Waals surface area contributed by atoms with Crippen LogP contribution in [-0.4, -0.2) is 55.8 Å². The molecular weight excluding hydrogens is 485 g/mol. The van der Waals surface area contributed by atoms with Crippen molar-refractivity contribution in [1.82, 2.24) is 21.3 Å². The van der Waals surface area contributed by atoms with Gasteiger partial charge < -0.3 is 26.0 Å². The van der Waals surface area contributed by atoms with Crippen molar-refractivity contribution in [2.24, 2.45) is 4.99 Å². The monoisotopic (exact) mass is 525 g/mol. The van der Waals surface area contributed by atoms with Crippen LogP contribution in [0.3, 0.4) is 0 Å². The zero-order valence-electron chi connectivity index (χ0n) is 18.4. The van der Waals surface area contributed by atoms with Crippen LogP contribution in [0.4, 0.5) is 4.79 Å². The molecule has 0 radical (unpaired) electrons. The van der Waals surface area contributed by atoms with E-state index in [1.807, 2.05) is 27.7 Å². The number of ether oxygens (including phenoxy) is 1. The summed E-state index contributed by atoms with van der Waals surface area (Å²) in [6.45, 7) is 9.86. The van der Waals surface area contributed by atoms with Gasteiger partial charge in [-0.3, -0.25) is 9.79 Å². The van der Waals surface area contributed by atoms with Gasteiger partial charge in [0.2, 0.25) is 5.91 Å². The molecule has 0 atom stereocenters. The highest BCUT2D eigenvalue weighted by Gasteiger charge is 2.16. The van der Waals surface area contributed by atoms with E-state index in [0.29, 0.717) is 44.5 Å². The topological polar surface area (TPSA) is 104 Å². The molecule has 1 aliphatic rings. The molecule has 0 bridgehead atoms. The Kier molecular flexibility index (Phi) is 14.9. The predicted molar refractivity (Wildman–Crippen MR) is 128 cm³/mol. The smallest absolute Gasteiger partial charge is 0.407 e. The van der Waals surface area contributed by atoms with Crippen LogP contribution in [0.25, 0.3) is 0 Å². The SMILES string of the molecule is CCNC(=NCCCNC(=O)OC(C)(C)C)NCCC(=O)NC1CCCCC1.I. The summed E-state index contributed by atoms with van der Waals surface area (Å²) >= 11 is 0. The fraction of sp³-hybridized carbons (Fsp3) is 0.850. The van der Waals surface area contributed by atoms with Gasteiger partial charge >= 0.3 is 6.09 Å². The lowest BCUT2D eigenvalue weighted by Gasteiger charge is -2.22. The first-order valence-electron chi connectivity index (χ1n) is 10.6. The van der Waals surface area contributed by atoms with E-state index in [4.69, 9.17) is 4.74 Å². The van der Waals surface area contributed by atoms with E-state index in [9.17, 15) is 9.59 Å². The molecule has 4 N–H and O–H groups in total. The molecule has 1 saturated carbocycles. The number of carbonyl (C=O) groups excluding carboxylic acids is 2. The normalized spacial score (nSPS) is 15.1. The fourth-order valence-electron chi connectivity index (χ4n) is 2.96. The van der Waals surface area contributed by atoms with Crippen LogP contribution in [0.1, 0.15) is 72.6 Å². The van der Waals surface area contributed by atoms with Gasteiger partial charge in [-0.25, -0.2) is 4.79 Å². The van der Waals surface area contributed by atoms with Crippen LogP contribution < -0.4 is 21.3 Å². The highest BCUT2D eigenvalue weighted by atomic mass is 127. The molecule has 1 fully saturated rings. The molecule has 0 aliphatic heterocycles. The van der Waals surface area contributed by atoms with Crippen molar-refractivity contribution in [2.45, 2.75) is 84.3 Å². The van der Waals surface area contributed by atoms with Gasteiger partial charge in [-0.15, -0.1) is 24.0 Å². The zero-order chi connectivity index (χ0) is 20.8. The van der Waals surface area contributed by atoms with Gasteiger partial charge in [0.05, 0.1) is 0 Å². The lowest BCUT2D eigenvalue weighted by Crippen LogP contribution is -2.41. The minimum Gasteiger partial charge on any atom is -0.444 e. The van der Waals surface area contributed by atoms with Crippen molar-refractivity contribution < 1.29 is 14.3 Å². The molecule has 170 valence electrons. The third-order valence-corrected chi connectivity index (χ3v) is 4.23. The van der Waals surface area contributed by atoms with Gasteiger partial charge in [-0.05, 0) is 47.0 Å². The molecule has 29 heavy (non-hydrogen) atoms. The molecule has 0 aromatic rings. The Bertz CT molecular complexity index is 503. The van der Waals surface area contributed by atoms with Crippen molar-refractivity contribution in [3.05, 3.63) is 0 Å². The number of carbonyl (C=O) groups is 2. The number of halogens is 1. The van der Waals surface area contributed by atoms with Crippen molar-refractivity contribution in [3.8, 4) is 0 Å². The molecule has 1 aliphatic carbocycles. The predicted octanol–water partition coefficient (Wildman–Crippen LogP) is 2.91. The van der Waals surface area contributed by atoms with Crippen molar-refractivity contribution >= 4 is 41.9 Å². The quantitative estimate of drug-likeness (QED) is 0.161. The minimum atomic E-state index is -0.492. The van der Waals surface area contributed by atoms with Crippen LogP contribution in [-0.2, 0) is 9.53 Å². The number of nitrogens with zero attached hydrogens (tertiary/aromatic N) is 1. The van der Waals surface area contributed by atoms with E-state index in [0.717, 1.165) is 19.4 Å². The Balaban J connectivity index is 0.00000784. The third kappa shape index (κ3) is 15.3. The molecule has 1 rings (SSSR count). The number of aliphatic imine (C=N–C) groups is 1. The molecule has 0 spiro atoms. The minimum absolute atomic E-state index is 0. The van der Waals surface area contributed by atoms with Gasteiger partial charge in [0, 0.05) is 38.6 Å². The average Bonchev–Trinajstić information content (AvgIpc) is 2.60. The summed E-state index contributed by atoms with van der Waals surface area (Å²) in [5, 5.41) is 12.2. The van der Waals surface area contributed by atoms with Crippen LogP contribution in [0.2, 0.25) is 0 Å². The van der Waals surface area contributed by atoms with E-state index in [1.54, 1.807) is 0 Å². The molecule has 0 heterocycles. The molecule has 0 aromatic heterocycles. The third-order valence-electron chi connectivity index (χ3n) is 4.23. The molecule has 0 unspecified atom stereocenters. The summed E-state index contributed by atoms with van der Waals surface area (Å²) in [5.74, 6) is 0.780. The largest absolute Gasteiger partial charge is 0.444 e. The van der Waals surface area contributed by atoms with Crippen LogP contribution >= 0.6 is 24.0 Å². The highest BCUT2D eigenvalue weighted by Crippen LogP contribution is 2.17. The van der Waals surface area contributed by atoms with Gasteiger partial charge in [-0.2, -0.15) is 0 Å². The van der Waals surface area contributed by atoms with Crippen molar-refractivity contribution in [3.63, 3.8) is 0 Å². The lowest BCUT2D eigenvalue weighted by atomic mass is 9.95. The van der Waals surface area contributed by atoms with Crippen LogP contribution in [0, 0.1) is 0 Å². The average molecular weight is 525 g/mol.